The summed E-state index contributed by atoms with van der Waals surface area (Å²) in [6.07, 6.45) is 4.16. The molecule has 4 nitrogen and oxygen atoms in total. The fourth-order valence-electron chi connectivity index (χ4n) is 1.42. The van der Waals surface area contributed by atoms with Crippen LogP contribution in [0.2, 0.25) is 0 Å². The number of rotatable bonds is 8. The van der Waals surface area contributed by atoms with Crippen molar-refractivity contribution >= 4 is 8.80 Å². The lowest BCUT2D eigenvalue weighted by atomic mass is 9.88. The molecule has 0 aliphatic rings. The highest BCUT2D eigenvalue weighted by molar-refractivity contribution is 6.66. The van der Waals surface area contributed by atoms with Crippen molar-refractivity contribution in [2.45, 2.75) is 26.7 Å². The fourth-order valence-corrected chi connectivity index (χ4v) is 2.99. The molecule has 0 rings (SSSR count). The minimum atomic E-state index is -2.58. The summed E-state index contributed by atoms with van der Waals surface area (Å²) in [4.78, 5) is 0. The normalized spacial score (nSPS) is 13.6. The third kappa shape index (κ3) is 5.22. The highest BCUT2D eigenvalue weighted by Gasteiger charge is 2.35. The molecular weight excluding hydrogens is 222 g/mol. The second kappa shape index (κ2) is 7.19. The topological polar surface area (TPSA) is 53.7 Å². The summed E-state index contributed by atoms with van der Waals surface area (Å²) >= 11 is 0. The van der Waals surface area contributed by atoms with Crippen LogP contribution in [-0.2, 0) is 13.3 Å². The largest absolute Gasteiger partial charge is 0.528 e. The van der Waals surface area contributed by atoms with Crippen LogP contribution in [-0.4, -0.2) is 36.7 Å². The smallest absolute Gasteiger partial charge is 0.374 e. The second-order valence-electron chi connectivity index (χ2n) is 4.43. The Morgan fingerprint density at radius 3 is 2.00 bits per heavy atom. The summed E-state index contributed by atoms with van der Waals surface area (Å²) in [6, 6.07) is 0. The van der Waals surface area contributed by atoms with Crippen molar-refractivity contribution in [2.75, 3.05) is 27.9 Å². The Morgan fingerprint density at radius 2 is 1.62 bits per heavy atom. The Hall–Kier alpha value is -0.203. The zero-order chi connectivity index (χ0) is 12.7. The molecule has 0 aliphatic heterocycles. The molecule has 0 aromatic heterocycles. The Balaban J connectivity index is 4.53. The van der Waals surface area contributed by atoms with Gasteiger partial charge in [0.05, 0.1) is 0 Å². The molecule has 0 aliphatic carbocycles. The highest BCUT2D eigenvalue weighted by atomic mass is 28.4. The third-order valence-electron chi connectivity index (χ3n) is 2.62. The Labute approximate surface area is 100 Å². The lowest BCUT2D eigenvalue weighted by Gasteiger charge is -2.24. The minimum absolute atomic E-state index is 0.0905. The van der Waals surface area contributed by atoms with Crippen molar-refractivity contribution in [3.8, 4) is 0 Å². The maximum Gasteiger partial charge on any atom is 0.528 e. The van der Waals surface area contributed by atoms with Gasteiger partial charge in [0.1, 0.15) is 0 Å². The van der Waals surface area contributed by atoms with Crippen molar-refractivity contribution in [3.05, 3.63) is 11.8 Å². The van der Waals surface area contributed by atoms with Crippen LogP contribution in [0.5, 0.6) is 0 Å². The van der Waals surface area contributed by atoms with Gasteiger partial charge in [-0.15, -0.1) is 0 Å². The first-order chi connectivity index (χ1) is 7.45. The van der Waals surface area contributed by atoms with Crippen molar-refractivity contribution in [3.63, 3.8) is 0 Å². The van der Waals surface area contributed by atoms with E-state index in [1.54, 1.807) is 21.3 Å². The van der Waals surface area contributed by atoms with Gasteiger partial charge in [0, 0.05) is 21.3 Å². The van der Waals surface area contributed by atoms with Gasteiger partial charge in [-0.25, -0.2) is 0 Å². The number of hydrogen-bond donors (Lipinski definition) is 1. The second-order valence-corrected chi connectivity index (χ2v) is 7.20. The van der Waals surface area contributed by atoms with Crippen molar-refractivity contribution < 1.29 is 13.3 Å². The number of hydrogen-bond acceptors (Lipinski definition) is 4. The lowest BCUT2D eigenvalue weighted by molar-refractivity contribution is 0.138. The van der Waals surface area contributed by atoms with E-state index in [-0.39, 0.29) is 5.41 Å². The van der Waals surface area contributed by atoms with Crippen LogP contribution in [0.15, 0.2) is 11.8 Å². The Bertz CT molecular complexity index is 207. The molecular formula is C11H25NO3Si. The monoisotopic (exact) mass is 247 g/mol. The first kappa shape index (κ1) is 15.8. The third-order valence-corrected chi connectivity index (χ3v) is 4.90. The molecule has 0 unspecified atom stereocenters. The van der Waals surface area contributed by atoms with Gasteiger partial charge < -0.3 is 19.0 Å². The van der Waals surface area contributed by atoms with Gasteiger partial charge in [-0.3, -0.25) is 0 Å². The molecule has 96 valence electrons. The van der Waals surface area contributed by atoms with Gasteiger partial charge in [-0.2, -0.15) is 0 Å². The predicted molar refractivity (Wildman–Crippen MR) is 68.0 cm³/mol. The Morgan fingerprint density at radius 1 is 1.12 bits per heavy atom. The molecule has 0 atom stereocenters. The van der Waals surface area contributed by atoms with Gasteiger partial charge in [0.15, 0.2) is 0 Å². The van der Waals surface area contributed by atoms with Crippen LogP contribution in [0.25, 0.3) is 0 Å². The SMILES string of the molecule is CO[Si](C=CC(C)(C)CCCN)(OC)OC. The number of nitrogens with two attached hydrogens (primary N) is 1. The van der Waals surface area contributed by atoms with Gasteiger partial charge in [0.2, 0.25) is 0 Å². The van der Waals surface area contributed by atoms with Gasteiger partial charge in [-0.1, -0.05) is 19.9 Å². The Kier molecular flexibility index (Phi) is 7.10. The van der Waals surface area contributed by atoms with Gasteiger partial charge >= 0.3 is 8.80 Å². The van der Waals surface area contributed by atoms with E-state index in [0.717, 1.165) is 19.4 Å². The van der Waals surface area contributed by atoms with Gasteiger partial charge in [0.25, 0.3) is 0 Å². The summed E-state index contributed by atoms with van der Waals surface area (Å²) < 4.78 is 16.0. The summed E-state index contributed by atoms with van der Waals surface area (Å²) in [7, 11) is 2.24. The maximum absolute atomic E-state index is 5.51. The molecule has 0 amide bonds. The van der Waals surface area contributed by atoms with E-state index in [2.05, 4.69) is 19.9 Å². The van der Waals surface area contributed by atoms with Crippen LogP contribution in [0, 0.1) is 5.41 Å². The van der Waals surface area contributed by atoms with Crippen molar-refractivity contribution in [1.82, 2.24) is 0 Å². The molecule has 2 N–H and O–H groups in total. The average Bonchev–Trinajstić information content (AvgIpc) is 2.29. The zero-order valence-electron chi connectivity index (χ0n) is 11.1. The van der Waals surface area contributed by atoms with E-state index >= 15 is 0 Å². The quantitative estimate of drug-likeness (QED) is 0.664. The minimum Gasteiger partial charge on any atom is -0.374 e. The summed E-state index contributed by atoms with van der Waals surface area (Å²) in [5.41, 5.74) is 7.53. The maximum atomic E-state index is 5.51. The molecule has 0 saturated carbocycles. The molecule has 0 fully saturated rings. The van der Waals surface area contributed by atoms with Crippen LogP contribution < -0.4 is 5.73 Å². The van der Waals surface area contributed by atoms with Crippen LogP contribution >= 0.6 is 0 Å². The van der Waals surface area contributed by atoms with E-state index < -0.39 is 8.80 Å². The van der Waals surface area contributed by atoms with Gasteiger partial charge in [-0.05, 0) is 30.5 Å². The first-order valence-corrected chi connectivity index (χ1v) is 7.31. The molecule has 5 heteroatoms. The van der Waals surface area contributed by atoms with Crippen LogP contribution in [0.3, 0.4) is 0 Å². The zero-order valence-corrected chi connectivity index (χ0v) is 12.1. The van der Waals surface area contributed by atoms with Crippen LogP contribution in [0.4, 0.5) is 0 Å². The molecule has 0 saturated heterocycles. The highest BCUT2D eigenvalue weighted by Crippen LogP contribution is 2.25. The molecule has 0 heterocycles. The molecule has 0 aromatic rings. The molecule has 0 radical (unpaired) electrons. The van der Waals surface area contributed by atoms with Crippen LogP contribution in [0.1, 0.15) is 26.7 Å². The molecule has 0 spiro atoms. The molecule has 0 bridgehead atoms. The van der Waals surface area contributed by atoms with E-state index in [4.69, 9.17) is 19.0 Å². The van der Waals surface area contributed by atoms with E-state index in [9.17, 15) is 0 Å². The van der Waals surface area contributed by atoms with E-state index in [1.165, 1.54) is 0 Å². The van der Waals surface area contributed by atoms with E-state index in [0.29, 0.717) is 0 Å². The lowest BCUT2D eigenvalue weighted by Crippen LogP contribution is -2.41. The van der Waals surface area contributed by atoms with Crippen molar-refractivity contribution in [2.24, 2.45) is 11.1 Å². The van der Waals surface area contributed by atoms with E-state index in [1.807, 2.05) is 5.70 Å². The summed E-state index contributed by atoms with van der Waals surface area (Å²) in [5, 5.41) is 0. The molecule has 16 heavy (non-hydrogen) atoms. The molecule has 0 aromatic carbocycles. The van der Waals surface area contributed by atoms with Crippen molar-refractivity contribution in [1.29, 1.82) is 0 Å². The standard InChI is InChI=1S/C11H25NO3Si/c1-11(2,7-6-9-12)8-10-16(13-3,14-4)15-5/h8,10H,6-7,9,12H2,1-5H3. The summed E-state index contributed by atoms with van der Waals surface area (Å²) in [5.74, 6) is 0. The predicted octanol–water partition coefficient (Wildman–Crippen LogP) is 1.72. The number of allylic oxidation sites excluding steroid dienone is 1. The fraction of sp³-hybridized carbons (Fsp3) is 0.818. The summed E-state index contributed by atoms with van der Waals surface area (Å²) in [6.45, 7) is 5.05. The average molecular weight is 247 g/mol. The first-order valence-electron chi connectivity index (χ1n) is 5.51.